The molecule has 1 aliphatic rings. The second kappa shape index (κ2) is 6.40. The summed E-state index contributed by atoms with van der Waals surface area (Å²) in [5.74, 6) is -0.150. The predicted molar refractivity (Wildman–Crippen MR) is 93.0 cm³/mol. The largest absolute Gasteiger partial charge is 0.369 e. The predicted octanol–water partition coefficient (Wildman–Crippen LogP) is 1.92. The molecular weight excluding hydrogens is 326 g/mol. The molecule has 0 saturated carbocycles. The van der Waals surface area contributed by atoms with E-state index in [2.05, 4.69) is 15.3 Å². The number of aryl methyl sites for hydroxylation is 1. The van der Waals surface area contributed by atoms with E-state index in [1.807, 2.05) is 19.1 Å². The highest BCUT2D eigenvalue weighted by Crippen LogP contribution is 2.27. The molecule has 8 heteroatoms. The number of hydrogen-bond donors (Lipinski definition) is 2. The maximum absolute atomic E-state index is 12.2. The molecule has 1 aliphatic heterocycles. The molecule has 0 bridgehead atoms. The van der Waals surface area contributed by atoms with Gasteiger partial charge in [0.25, 0.3) is 5.91 Å². The maximum atomic E-state index is 12.2. The van der Waals surface area contributed by atoms with E-state index in [0.717, 1.165) is 10.6 Å². The first kappa shape index (κ1) is 16.1. The molecule has 0 spiro atoms. The van der Waals surface area contributed by atoms with Crippen molar-refractivity contribution < 1.29 is 9.59 Å². The summed E-state index contributed by atoms with van der Waals surface area (Å²) in [6.45, 7) is 1.85. The van der Waals surface area contributed by atoms with E-state index in [1.54, 1.807) is 24.6 Å². The van der Waals surface area contributed by atoms with Crippen LogP contribution in [0, 0.1) is 6.92 Å². The van der Waals surface area contributed by atoms with Crippen molar-refractivity contribution >= 4 is 34.8 Å². The van der Waals surface area contributed by atoms with Gasteiger partial charge in [0.05, 0.1) is 17.5 Å². The third kappa shape index (κ3) is 3.28. The second-order valence-electron chi connectivity index (χ2n) is 5.49. The SMILES string of the molecule is Cc1nc(C(=O)Nc2cccc(C3CC(=O)N(C)C(N)=N3)c2)cs1. The van der Waals surface area contributed by atoms with Gasteiger partial charge in [-0.15, -0.1) is 11.3 Å². The fourth-order valence-electron chi connectivity index (χ4n) is 2.40. The maximum Gasteiger partial charge on any atom is 0.275 e. The number of nitrogens with zero attached hydrogens (tertiary/aromatic N) is 3. The Morgan fingerprint density at radius 2 is 2.25 bits per heavy atom. The van der Waals surface area contributed by atoms with Gasteiger partial charge in [-0.2, -0.15) is 0 Å². The summed E-state index contributed by atoms with van der Waals surface area (Å²) in [5.41, 5.74) is 7.61. The van der Waals surface area contributed by atoms with Crippen LogP contribution in [0.15, 0.2) is 34.6 Å². The Morgan fingerprint density at radius 3 is 2.92 bits per heavy atom. The van der Waals surface area contributed by atoms with Crippen molar-refractivity contribution in [3.8, 4) is 0 Å². The lowest BCUT2D eigenvalue weighted by Crippen LogP contribution is -2.42. The summed E-state index contributed by atoms with van der Waals surface area (Å²) in [6, 6.07) is 6.92. The third-order valence-electron chi connectivity index (χ3n) is 3.75. The van der Waals surface area contributed by atoms with Crippen LogP contribution in [0.2, 0.25) is 0 Å². The van der Waals surface area contributed by atoms with Crippen molar-refractivity contribution in [2.45, 2.75) is 19.4 Å². The quantitative estimate of drug-likeness (QED) is 0.889. The molecule has 3 rings (SSSR count). The normalized spacial score (nSPS) is 17.6. The Hall–Kier alpha value is -2.74. The van der Waals surface area contributed by atoms with Crippen LogP contribution in [0.4, 0.5) is 5.69 Å². The van der Waals surface area contributed by atoms with Crippen LogP contribution in [-0.4, -0.2) is 34.7 Å². The fourth-order valence-corrected chi connectivity index (χ4v) is 2.99. The van der Waals surface area contributed by atoms with Gasteiger partial charge in [-0.1, -0.05) is 12.1 Å². The molecule has 3 N–H and O–H groups in total. The summed E-state index contributed by atoms with van der Waals surface area (Å²) in [4.78, 5) is 34.0. The molecule has 124 valence electrons. The molecule has 24 heavy (non-hydrogen) atoms. The zero-order chi connectivity index (χ0) is 17.3. The summed E-state index contributed by atoms with van der Waals surface area (Å²) in [5, 5.41) is 5.37. The Labute approximate surface area is 143 Å². The van der Waals surface area contributed by atoms with Gasteiger partial charge in [-0.05, 0) is 24.6 Å². The molecule has 2 amide bonds. The highest BCUT2D eigenvalue weighted by molar-refractivity contribution is 7.09. The number of amides is 2. The van der Waals surface area contributed by atoms with E-state index < -0.39 is 0 Å². The van der Waals surface area contributed by atoms with E-state index in [9.17, 15) is 9.59 Å². The summed E-state index contributed by atoms with van der Waals surface area (Å²) in [6.07, 6.45) is 0.250. The average molecular weight is 343 g/mol. The molecule has 1 unspecified atom stereocenters. The fraction of sp³-hybridized carbons (Fsp3) is 0.250. The van der Waals surface area contributed by atoms with Crippen molar-refractivity contribution in [2.75, 3.05) is 12.4 Å². The number of nitrogens with one attached hydrogen (secondary N) is 1. The molecule has 1 aromatic carbocycles. The number of aliphatic imine (C=N–C) groups is 1. The van der Waals surface area contributed by atoms with Crippen molar-refractivity contribution in [1.29, 1.82) is 0 Å². The smallest absolute Gasteiger partial charge is 0.275 e. The van der Waals surface area contributed by atoms with Crippen molar-refractivity contribution in [1.82, 2.24) is 9.88 Å². The van der Waals surface area contributed by atoms with Gasteiger partial charge in [0, 0.05) is 18.1 Å². The second-order valence-corrected chi connectivity index (χ2v) is 6.55. The molecule has 1 atom stereocenters. The number of hydrogen-bond acceptors (Lipinski definition) is 6. The van der Waals surface area contributed by atoms with Crippen molar-refractivity contribution in [2.24, 2.45) is 10.7 Å². The van der Waals surface area contributed by atoms with Gasteiger partial charge < -0.3 is 11.1 Å². The van der Waals surface area contributed by atoms with Crippen LogP contribution in [0.5, 0.6) is 0 Å². The Balaban J connectivity index is 1.80. The Kier molecular flexibility index (Phi) is 4.30. The Morgan fingerprint density at radius 1 is 1.46 bits per heavy atom. The monoisotopic (exact) mass is 343 g/mol. The third-order valence-corrected chi connectivity index (χ3v) is 4.53. The molecule has 1 aromatic heterocycles. The van der Waals surface area contributed by atoms with E-state index in [4.69, 9.17) is 5.73 Å². The number of carbonyl (C=O) groups excluding carboxylic acids is 2. The van der Waals surface area contributed by atoms with E-state index in [1.165, 1.54) is 16.2 Å². The number of nitrogens with two attached hydrogens (primary N) is 1. The molecule has 0 fully saturated rings. The first-order valence-corrected chi connectivity index (χ1v) is 8.25. The van der Waals surface area contributed by atoms with Gasteiger partial charge in [-0.3, -0.25) is 14.5 Å². The number of anilines is 1. The van der Waals surface area contributed by atoms with Gasteiger partial charge in [0.15, 0.2) is 5.96 Å². The van der Waals surface area contributed by atoms with Crippen LogP contribution in [-0.2, 0) is 4.79 Å². The lowest BCUT2D eigenvalue weighted by Gasteiger charge is -2.25. The highest BCUT2D eigenvalue weighted by Gasteiger charge is 2.25. The number of guanidine groups is 1. The minimum Gasteiger partial charge on any atom is -0.369 e. The van der Waals surface area contributed by atoms with Crippen LogP contribution in [0.3, 0.4) is 0 Å². The molecule has 0 aliphatic carbocycles. The number of aromatic nitrogens is 1. The van der Waals surface area contributed by atoms with Crippen LogP contribution in [0.1, 0.15) is 33.5 Å². The first-order chi connectivity index (χ1) is 11.4. The minimum absolute atomic E-state index is 0.0834. The van der Waals surface area contributed by atoms with Crippen molar-refractivity contribution in [3.63, 3.8) is 0 Å². The van der Waals surface area contributed by atoms with Crippen molar-refractivity contribution in [3.05, 3.63) is 45.9 Å². The summed E-state index contributed by atoms with van der Waals surface area (Å²) >= 11 is 1.42. The molecule has 0 radical (unpaired) electrons. The summed E-state index contributed by atoms with van der Waals surface area (Å²) < 4.78 is 0. The van der Waals surface area contributed by atoms with E-state index >= 15 is 0 Å². The van der Waals surface area contributed by atoms with Crippen LogP contribution in [0.25, 0.3) is 0 Å². The minimum atomic E-state index is -0.341. The first-order valence-electron chi connectivity index (χ1n) is 7.37. The molecule has 2 heterocycles. The summed E-state index contributed by atoms with van der Waals surface area (Å²) in [7, 11) is 1.60. The standard InChI is InChI=1S/C16H17N5O2S/c1-9-18-13(8-24-9)15(23)19-11-5-3-4-10(6-11)12-7-14(22)21(2)16(17)20-12/h3-6,8,12H,7H2,1-2H3,(H2,17,20)(H,19,23). The zero-order valence-electron chi connectivity index (χ0n) is 13.3. The lowest BCUT2D eigenvalue weighted by molar-refractivity contribution is -0.127. The highest BCUT2D eigenvalue weighted by atomic mass is 32.1. The van der Waals surface area contributed by atoms with Gasteiger partial charge in [0.2, 0.25) is 5.91 Å². The van der Waals surface area contributed by atoms with Crippen LogP contribution < -0.4 is 11.1 Å². The van der Waals surface area contributed by atoms with Crippen LogP contribution >= 0.6 is 11.3 Å². The van der Waals surface area contributed by atoms with Gasteiger partial charge in [0.1, 0.15) is 5.69 Å². The molecule has 7 nitrogen and oxygen atoms in total. The van der Waals surface area contributed by atoms with E-state index in [-0.39, 0.29) is 30.2 Å². The number of carbonyl (C=O) groups is 2. The lowest BCUT2D eigenvalue weighted by atomic mass is 10.0. The topological polar surface area (TPSA) is 101 Å². The molecular formula is C16H17N5O2S. The Bertz CT molecular complexity index is 829. The van der Waals surface area contributed by atoms with Gasteiger partial charge in [-0.25, -0.2) is 9.98 Å². The molecule has 2 aromatic rings. The number of benzene rings is 1. The number of rotatable bonds is 3. The van der Waals surface area contributed by atoms with E-state index in [0.29, 0.717) is 11.4 Å². The zero-order valence-corrected chi connectivity index (χ0v) is 14.1. The van der Waals surface area contributed by atoms with Gasteiger partial charge >= 0.3 is 0 Å². The average Bonchev–Trinajstić information content (AvgIpc) is 2.99. The number of thiazole rings is 1. The molecule has 0 saturated heterocycles.